The van der Waals surface area contributed by atoms with Crippen LogP contribution in [0.1, 0.15) is 10.6 Å². The van der Waals surface area contributed by atoms with E-state index in [0.717, 1.165) is 0 Å². The van der Waals surface area contributed by atoms with Gasteiger partial charge in [0.25, 0.3) is 5.91 Å². The number of nitrogens with one attached hydrogen (secondary N) is 1. The first-order chi connectivity index (χ1) is 17.4. The van der Waals surface area contributed by atoms with Gasteiger partial charge in [-0.25, -0.2) is 14.1 Å². The molecular weight excluding hydrogens is 491 g/mol. The van der Waals surface area contributed by atoms with E-state index < -0.39 is 11.7 Å². The Morgan fingerprint density at radius 2 is 1.58 bits per heavy atom. The average molecular weight is 513 g/mol. The number of hydrogen-bond acceptors (Lipinski definition) is 7. The van der Waals surface area contributed by atoms with Crippen LogP contribution in [0.15, 0.2) is 54.6 Å². The van der Waals surface area contributed by atoms with Crippen molar-refractivity contribution >= 4 is 23.2 Å². The fourth-order valence-electron chi connectivity index (χ4n) is 3.46. The lowest BCUT2D eigenvalue weighted by Crippen LogP contribution is -2.14. The second-order valence-corrected chi connectivity index (χ2v) is 7.77. The molecule has 4 rings (SSSR count). The lowest BCUT2D eigenvalue weighted by Gasteiger charge is -2.14. The maximum absolute atomic E-state index is 13.9. The Hall–Kier alpha value is -4.31. The number of nitrogens with zero attached hydrogens (tertiary/aromatic N) is 3. The zero-order valence-electron chi connectivity index (χ0n) is 19.8. The van der Waals surface area contributed by atoms with Crippen LogP contribution in [0, 0.1) is 5.82 Å². The van der Waals surface area contributed by atoms with Crippen LogP contribution in [-0.4, -0.2) is 49.1 Å². The number of benzene rings is 3. The fraction of sp³-hybridized carbons (Fsp3) is 0.160. The highest BCUT2D eigenvalue weighted by Gasteiger charge is 2.23. The zero-order valence-corrected chi connectivity index (χ0v) is 20.6. The minimum absolute atomic E-state index is 0.108. The van der Waals surface area contributed by atoms with Crippen LogP contribution < -0.4 is 24.3 Å². The minimum atomic E-state index is -0.590. The molecule has 0 aliphatic rings. The standard InChI is InChI=1S/C25H22ClFN4O5/c1-33-17-8-5-15(6-9-17)28-25(32)23-29-24(31(30-23)16-7-10-19(27)18(26)13-16)14-11-20(34-2)22(36-4)21(12-14)35-3/h5-13H,1-4H3,(H,28,32). The molecule has 3 aromatic carbocycles. The van der Waals surface area contributed by atoms with Gasteiger partial charge >= 0.3 is 0 Å². The summed E-state index contributed by atoms with van der Waals surface area (Å²) in [6.07, 6.45) is 0. The number of methoxy groups -OCH3 is 4. The molecule has 0 atom stereocenters. The van der Waals surface area contributed by atoms with Crippen LogP contribution >= 0.6 is 11.6 Å². The number of ether oxygens (including phenoxy) is 4. The molecule has 0 saturated heterocycles. The number of rotatable bonds is 8. The maximum Gasteiger partial charge on any atom is 0.295 e. The third kappa shape index (κ3) is 4.89. The molecule has 1 aromatic heterocycles. The quantitative estimate of drug-likeness (QED) is 0.354. The number of anilines is 1. The Morgan fingerprint density at radius 1 is 0.917 bits per heavy atom. The predicted octanol–water partition coefficient (Wildman–Crippen LogP) is 5.01. The van der Waals surface area contributed by atoms with Crippen molar-refractivity contribution in [1.82, 2.24) is 14.8 Å². The SMILES string of the molecule is COc1ccc(NC(=O)c2nc(-c3cc(OC)c(OC)c(OC)c3)n(-c3ccc(F)c(Cl)c3)n2)cc1. The summed E-state index contributed by atoms with van der Waals surface area (Å²) in [5.41, 5.74) is 1.42. The van der Waals surface area contributed by atoms with Crippen molar-refractivity contribution in [3.8, 4) is 40.1 Å². The van der Waals surface area contributed by atoms with Crippen molar-refractivity contribution in [3.05, 3.63) is 71.3 Å². The molecule has 186 valence electrons. The van der Waals surface area contributed by atoms with E-state index in [9.17, 15) is 9.18 Å². The second kappa shape index (κ2) is 10.5. The number of hydrogen-bond donors (Lipinski definition) is 1. The van der Waals surface area contributed by atoms with E-state index in [2.05, 4.69) is 15.4 Å². The summed E-state index contributed by atoms with van der Waals surface area (Å²) in [7, 11) is 6.01. The minimum Gasteiger partial charge on any atom is -0.497 e. The molecule has 0 bridgehead atoms. The van der Waals surface area contributed by atoms with E-state index in [0.29, 0.717) is 39.9 Å². The van der Waals surface area contributed by atoms with Gasteiger partial charge in [0.2, 0.25) is 11.6 Å². The van der Waals surface area contributed by atoms with E-state index in [-0.39, 0.29) is 16.7 Å². The molecule has 1 heterocycles. The van der Waals surface area contributed by atoms with Crippen molar-refractivity contribution in [2.75, 3.05) is 33.8 Å². The largest absolute Gasteiger partial charge is 0.497 e. The molecule has 1 amide bonds. The first-order valence-corrected chi connectivity index (χ1v) is 10.9. The number of carbonyl (C=O) groups excluding carboxylic acids is 1. The molecule has 0 unspecified atom stereocenters. The summed E-state index contributed by atoms with van der Waals surface area (Å²) in [5, 5.41) is 7.03. The normalized spacial score (nSPS) is 10.6. The van der Waals surface area contributed by atoms with Crippen molar-refractivity contribution in [2.45, 2.75) is 0 Å². The third-order valence-corrected chi connectivity index (χ3v) is 5.52. The Kier molecular flexibility index (Phi) is 7.25. The van der Waals surface area contributed by atoms with Gasteiger partial charge in [0, 0.05) is 11.3 Å². The Labute approximate surface area is 211 Å². The summed E-state index contributed by atoms with van der Waals surface area (Å²) in [4.78, 5) is 17.5. The van der Waals surface area contributed by atoms with Crippen molar-refractivity contribution < 1.29 is 28.1 Å². The highest BCUT2D eigenvalue weighted by molar-refractivity contribution is 6.30. The third-order valence-electron chi connectivity index (χ3n) is 5.23. The van der Waals surface area contributed by atoms with Crippen LogP contribution in [0.2, 0.25) is 5.02 Å². The van der Waals surface area contributed by atoms with Gasteiger partial charge in [-0.2, -0.15) is 0 Å². The monoisotopic (exact) mass is 512 g/mol. The van der Waals surface area contributed by atoms with Gasteiger partial charge in [-0.1, -0.05) is 11.6 Å². The van der Waals surface area contributed by atoms with Crippen LogP contribution in [0.5, 0.6) is 23.0 Å². The molecule has 36 heavy (non-hydrogen) atoms. The van der Waals surface area contributed by atoms with Gasteiger partial charge in [0.1, 0.15) is 11.6 Å². The summed E-state index contributed by atoms with van der Waals surface area (Å²) in [6.45, 7) is 0. The molecule has 11 heteroatoms. The highest BCUT2D eigenvalue weighted by atomic mass is 35.5. The van der Waals surface area contributed by atoms with Gasteiger partial charge in [-0.15, -0.1) is 5.10 Å². The summed E-state index contributed by atoms with van der Waals surface area (Å²) >= 11 is 6.02. The van der Waals surface area contributed by atoms with Gasteiger partial charge in [-0.3, -0.25) is 4.79 Å². The molecule has 0 aliphatic heterocycles. The average Bonchev–Trinajstić information content (AvgIpc) is 3.35. The zero-order chi connectivity index (χ0) is 25.8. The van der Waals surface area contributed by atoms with Crippen molar-refractivity contribution in [3.63, 3.8) is 0 Å². The lowest BCUT2D eigenvalue weighted by atomic mass is 10.1. The Morgan fingerprint density at radius 3 is 2.14 bits per heavy atom. The predicted molar refractivity (Wildman–Crippen MR) is 132 cm³/mol. The van der Waals surface area contributed by atoms with Crippen LogP contribution in [-0.2, 0) is 0 Å². The molecule has 0 fully saturated rings. The Balaban J connectivity index is 1.82. The van der Waals surface area contributed by atoms with E-state index in [4.69, 9.17) is 30.5 Å². The van der Waals surface area contributed by atoms with Gasteiger partial charge in [0.05, 0.1) is 39.1 Å². The van der Waals surface area contributed by atoms with Gasteiger partial charge < -0.3 is 24.3 Å². The first-order valence-electron chi connectivity index (χ1n) is 10.6. The molecule has 0 radical (unpaired) electrons. The topological polar surface area (TPSA) is 96.7 Å². The van der Waals surface area contributed by atoms with Crippen LogP contribution in [0.3, 0.4) is 0 Å². The van der Waals surface area contributed by atoms with E-state index >= 15 is 0 Å². The summed E-state index contributed by atoms with van der Waals surface area (Å²) < 4.78 is 36.7. The van der Waals surface area contributed by atoms with Crippen LogP contribution in [0.4, 0.5) is 10.1 Å². The maximum atomic E-state index is 13.9. The number of aromatic nitrogens is 3. The Bertz CT molecular complexity index is 1380. The van der Waals surface area contributed by atoms with Crippen molar-refractivity contribution in [2.24, 2.45) is 0 Å². The smallest absolute Gasteiger partial charge is 0.295 e. The number of halogens is 2. The summed E-state index contributed by atoms with van der Waals surface area (Å²) in [5.74, 6) is 0.774. The van der Waals surface area contributed by atoms with E-state index in [1.807, 2.05) is 0 Å². The molecular formula is C25H22ClFN4O5. The van der Waals surface area contributed by atoms with Crippen LogP contribution in [0.25, 0.3) is 17.1 Å². The number of carbonyl (C=O) groups is 1. The second-order valence-electron chi connectivity index (χ2n) is 7.37. The van der Waals surface area contributed by atoms with Gasteiger partial charge in [0.15, 0.2) is 17.3 Å². The van der Waals surface area contributed by atoms with Gasteiger partial charge in [-0.05, 0) is 54.6 Å². The van der Waals surface area contributed by atoms with Crippen molar-refractivity contribution in [1.29, 1.82) is 0 Å². The van der Waals surface area contributed by atoms with E-state index in [1.165, 1.54) is 44.2 Å². The molecule has 1 N–H and O–H groups in total. The summed E-state index contributed by atoms with van der Waals surface area (Å²) in [6, 6.07) is 14.2. The molecule has 9 nitrogen and oxygen atoms in total. The molecule has 0 aliphatic carbocycles. The van der Waals surface area contributed by atoms with E-state index in [1.54, 1.807) is 43.5 Å². The molecule has 0 spiro atoms. The first kappa shape index (κ1) is 24.8. The number of amides is 1. The molecule has 0 saturated carbocycles. The fourth-order valence-corrected chi connectivity index (χ4v) is 3.64. The highest BCUT2D eigenvalue weighted by Crippen LogP contribution is 2.41. The lowest BCUT2D eigenvalue weighted by molar-refractivity contribution is 0.101. The molecule has 4 aromatic rings.